The molecule has 4 aliphatic rings. The molecule has 0 aromatic heterocycles. The van der Waals surface area contributed by atoms with Crippen LogP contribution in [0.2, 0.25) is 0 Å². The maximum Gasteiger partial charge on any atom is 0.254 e. The summed E-state index contributed by atoms with van der Waals surface area (Å²) < 4.78 is 0. The van der Waals surface area contributed by atoms with Gasteiger partial charge in [-0.3, -0.25) is 9.59 Å². The number of carbonyl (C=O) groups excluding carboxylic acids is 2. The van der Waals surface area contributed by atoms with Crippen molar-refractivity contribution in [1.82, 2.24) is 9.80 Å². The zero-order valence-corrected chi connectivity index (χ0v) is 15.9. The van der Waals surface area contributed by atoms with E-state index in [0.29, 0.717) is 43.6 Å². The largest absolute Gasteiger partial charge is 0.335 e. The summed E-state index contributed by atoms with van der Waals surface area (Å²) in [5, 5.41) is 0. The van der Waals surface area contributed by atoms with Gasteiger partial charge in [0.1, 0.15) is 0 Å². The zero-order chi connectivity index (χ0) is 19.1. The summed E-state index contributed by atoms with van der Waals surface area (Å²) in [5.41, 5.74) is 4.21. The third-order valence-electron chi connectivity index (χ3n) is 6.44. The predicted octanol–water partition coefficient (Wildman–Crippen LogP) is 3.36. The highest BCUT2D eigenvalue weighted by atomic mass is 16.2. The van der Waals surface area contributed by atoms with Crippen LogP contribution in [-0.2, 0) is 4.79 Å². The Balaban J connectivity index is 1.30. The molecular weight excluding hydrogens is 348 g/mol. The zero-order valence-electron chi connectivity index (χ0n) is 15.9. The highest BCUT2D eigenvalue weighted by Crippen LogP contribution is 2.47. The molecule has 1 heterocycles. The second-order valence-corrected chi connectivity index (χ2v) is 7.96. The fraction of sp³-hybridized carbons (Fsp3) is 0.333. The van der Waals surface area contributed by atoms with Crippen molar-refractivity contribution in [2.75, 3.05) is 26.2 Å². The van der Waals surface area contributed by atoms with Gasteiger partial charge in [-0.2, -0.15) is 0 Å². The van der Waals surface area contributed by atoms with Gasteiger partial charge >= 0.3 is 0 Å². The number of rotatable bonds is 2. The van der Waals surface area contributed by atoms with E-state index in [0.717, 1.165) is 12.0 Å². The summed E-state index contributed by atoms with van der Waals surface area (Å²) in [7, 11) is 0. The van der Waals surface area contributed by atoms with Crippen molar-refractivity contribution in [2.24, 2.45) is 11.8 Å². The molecule has 2 unspecified atom stereocenters. The Bertz CT molecular complexity index is 931. The molecule has 1 aromatic carbocycles. The van der Waals surface area contributed by atoms with Crippen LogP contribution in [0.4, 0.5) is 0 Å². The number of hydrogen-bond donors (Lipinski definition) is 0. The van der Waals surface area contributed by atoms with Gasteiger partial charge in [0.05, 0.1) is 0 Å². The number of piperazine rings is 1. The minimum absolute atomic E-state index is 0.0473. The Labute approximate surface area is 165 Å². The minimum Gasteiger partial charge on any atom is -0.335 e. The molecule has 0 radical (unpaired) electrons. The van der Waals surface area contributed by atoms with Crippen LogP contribution in [0.5, 0.6) is 0 Å². The molecule has 4 nitrogen and oxygen atoms in total. The number of hydrogen-bond acceptors (Lipinski definition) is 2. The van der Waals surface area contributed by atoms with E-state index in [1.165, 1.54) is 17.6 Å². The molecule has 0 bridgehead atoms. The van der Waals surface area contributed by atoms with Gasteiger partial charge in [0.2, 0.25) is 0 Å². The van der Waals surface area contributed by atoms with Gasteiger partial charge < -0.3 is 9.80 Å². The average Bonchev–Trinajstić information content (AvgIpc) is 3.19. The van der Waals surface area contributed by atoms with Crippen molar-refractivity contribution in [3.8, 4) is 0 Å². The fourth-order valence-corrected chi connectivity index (χ4v) is 4.95. The van der Waals surface area contributed by atoms with Crippen LogP contribution in [0.3, 0.4) is 0 Å². The van der Waals surface area contributed by atoms with Gasteiger partial charge in [-0.1, -0.05) is 54.2 Å². The lowest BCUT2D eigenvalue weighted by atomic mass is 9.77. The number of benzene rings is 1. The smallest absolute Gasteiger partial charge is 0.254 e. The molecule has 2 amide bonds. The van der Waals surface area contributed by atoms with E-state index >= 15 is 0 Å². The molecular formula is C24H24N2O2. The molecule has 1 saturated carbocycles. The lowest BCUT2D eigenvalue weighted by Crippen LogP contribution is -2.51. The van der Waals surface area contributed by atoms with E-state index in [2.05, 4.69) is 24.3 Å². The Morgan fingerprint density at radius 3 is 2.36 bits per heavy atom. The molecule has 2 atom stereocenters. The van der Waals surface area contributed by atoms with Crippen LogP contribution in [0.25, 0.3) is 0 Å². The maximum absolute atomic E-state index is 13.2. The molecule has 5 rings (SSSR count). The first-order valence-corrected chi connectivity index (χ1v) is 10.2. The molecule has 2 fully saturated rings. The summed E-state index contributed by atoms with van der Waals surface area (Å²) in [6.45, 7) is 2.34. The van der Waals surface area contributed by atoms with Gasteiger partial charge in [0.25, 0.3) is 11.8 Å². The number of allylic oxidation sites excluding steroid dienone is 6. The molecule has 1 aliphatic heterocycles. The van der Waals surface area contributed by atoms with Crippen molar-refractivity contribution in [3.05, 3.63) is 83.0 Å². The topological polar surface area (TPSA) is 40.6 Å². The number of amides is 2. The molecule has 0 spiro atoms. The third-order valence-corrected chi connectivity index (χ3v) is 6.44. The van der Waals surface area contributed by atoms with Crippen molar-refractivity contribution in [1.29, 1.82) is 0 Å². The minimum atomic E-state index is 0.0473. The summed E-state index contributed by atoms with van der Waals surface area (Å²) in [5.74, 6) is 1.10. The van der Waals surface area contributed by atoms with E-state index in [9.17, 15) is 9.59 Å². The maximum atomic E-state index is 13.2. The molecule has 3 aliphatic carbocycles. The average molecular weight is 372 g/mol. The Hall–Kier alpha value is -2.88. The monoisotopic (exact) mass is 372 g/mol. The van der Waals surface area contributed by atoms with E-state index < -0.39 is 0 Å². The Morgan fingerprint density at radius 2 is 1.61 bits per heavy atom. The van der Waals surface area contributed by atoms with Crippen molar-refractivity contribution < 1.29 is 9.59 Å². The molecule has 0 N–H and O–H groups in total. The van der Waals surface area contributed by atoms with Gasteiger partial charge in [0, 0.05) is 43.2 Å². The normalized spacial score (nSPS) is 25.6. The molecule has 4 heteroatoms. The summed E-state index contributed by atoms with van der Waals surface area (Å²) in [4.78, 5) is 29.6. The van der Waals surface area contributed by atoms with Crippen LogP contribution in [0.15, 0.2) is 77.4 Å². The summed E-state index contributed by atoms with van der Waals surface area (Å²) >= 11 is 0. The number of carbonyl (C=O) groups is 2. The molecule has 142 valence electrons. The Morgan fingerprint density at radius 1 is 0.893 bits per heavy atom. The molecule has 28 heavy (non-hydrogen) atoms. The summed E-state index contributed by atoms with van der Waals surface area (Å²) in [6.07, 6.45) is 13.0. The first-order valence-electron chi connectivity index (χ1n) is 10.2. The predicted molar refractivity (Wildman–Crippen MR) is 109 cm³/mol. The summed E-state index contributed by atoms with van der Waals surface area (Å²) in [6, 6.07) is 9.37. The van der Waals surface area contributed by atoms with Crippen molar-refractivity contribution in [2.45, 2.75) is 12.8 Å². The van der Waals surface area contributed by atoms with Crippen LogP contribution < -0.4 is 0 Å². The van der Waals surface area contributed by atoms with Gasteiger partial charge in [-0.15, -0.1) is 0 Å². The first kappa shape index (κ1) is 17.2. The lowest BCUT2D eigenvalue weighted by Gasteiger charge is -2.36. The second kappa shape index (κ2) is 6.93. The van der Waals surface area contributed by atoms with Gasteiger partial charge in [-0.05, 0) is 36.5 Å². The highest BCUT2D eigenvalue weighted by molar-refractivity contribution is 5.99. The van der Waals surface area contributed by atoms with E-state index in [1.54, 1.807) is 0 Å². The van der Waals surface area contributed by atoms with Crippen molar-refractivity contribution >= 4 is 11.8 Å². The Kier molecular flexibility index (Phi) is 4.27. The van der Waals surface area contributed by atoms with Crippen LogP contribution in [0, 0.1) is 11.8 Å². The fourth-order valence-electron chi connectivity index (χ4n) is 4.95. The highest BCUT2D eigenvalue weighted by Gasteiger charge is 2.38. The number of nitrogens with zero attached hydrogens (tertiary/aromatic N) is 2. The van der Waals surface area contributed by atoms with E-state index in [-0.39, 0.29) is 11.8 Å². The SMILES string of the molecule is O=C(C1=C2C=CC=C3CCC(C=C1)C32)N1CCN(C(=O)c2ccccc2)CC1. The van der Waals surface area contributed by atoms with Gasteiger partial charge in [0.15, 0.2) is 0 Å². The van der Waals surface area contributed by atoms with Gasteiger partial charge in [-0.25, -0.2) is 0 Å². The van der Waals surface area contributed by atoms with Crippen LogP contribution in [0.1, 0.15) is 23.2 Å². The molecule has 1 aromatic rings. The quantitative estimate of drug-likeness (QED) is 0.799. The van der Waals surface area contributed by atoms with Crippen molar-refractivity contribution in [3.63, 3.8) is 0 Å². The lowest BCUT2D eigenvalue weighted by molar-refractivity contribution is -0.128. The standard InChI is InChI=1S/C24H24N2O2/c27-23(19-5-2-1-3-6-19)25-13-15-26(16-14-25)24(28)21-12-11-18-10-9-17-7-4-8-20(21)22(17)18/h1-8,11-12,18,22H,9-10,13-16H2. The van der Waals surface area contributed by atoms with Crippen LogP contribution in [-0.4, -0.2) is 47.8 Å². The third kappa shape index (κ3) is 2.84. The van der Waals surface area contributed by atoms with E-state index in [4.69, 9.17) is 0 Å². The second-order valence-electron chi connectivity index (χ2n) is 7.96. The molecule has 1 saturated heterocycles. The first-order chi connectivity index (χ1) is 13.7. The van der Waals surface area contributed by atoms with E-state index in [1.807, 2.05) is 46.2 Å². The van der Waals surface area contributed by atoms with Crippen LogP contribution >= 0.6 is 0 Å².